The second-order valence-corrected chi connectivity index (χ2v) is 8.50. The number of hydrogen-bond donors (Lipinski definition) is 0. The minimum absolute atomic E-state index is 0.169. The van der Waals surface area contributed by atoms with Crippen LogP contribution in [0.2, 0.25) is 0 Å². The lowest BCUT2D eigenvalue weighted by Gasteiger charge is -2.18. The maximum Gasteiger partial charge on any atom is 0.343 e. The van der Waals surface area contributed by atoms with Gasteiger partial charge >= 0.3 is 5.97 Å². The summed E-state index contributed by atoms with van der Waals surface area (Å²) in [5.41, 5.74) is 0.807. The van der Waals surface area contributed by atoms with E-state index in [4.69, 9.17) is 9.47 Å². The molecule has 2 aromatic rings. The summed E-state index contributed by atoms with van der Waals surface area (Å²) in [6.07, 6.45) is 3.36. The zero-order chi connectivity index (χ0) is 23.4. The highest BCUT2D eigenvalue weighted by Gasteiger charge is 2.37. The Morgan fingerprint density at radius 3 is 2.42 bits per heavy atom. The lowest BCUT2D eigenvalue weighted by molar-refractivity contribution is -0.135. The molecule has 0 N–H and O–H groups in total. The van der Waals surface area contributed by atoms with Gasteiger partial charge in [0.1, 0.15) is 18.0 Å². The Bertz CT molecular complexity index is 1120. The Hall–Kier alpha value is -3.59. The number of thioether (sulfide) groups is 1. The third kappa shape index (κ3) is 5.09. The average Bonchev–Trinajstić information content (AvgIpc) is 3.45. The molecule has 2 fully saturated rings. The van der Waals surface area contributed by atoms with Gasteiger partial charge in [-0.25, -0.2) is 4.79 Å². The quantitative estimate of drug-likeness (QED) is 0.365. The van der Waals surface area contributed by atoms with Crippen molar-refractivity contribution in [2.45, 2.75) is 12.8 Å². The van der Waals surface area contributed by atoms with Gasteiger partial charge in [-0.2, -0.15) is 0 Å². The fraction of sp³-hybridized carbons (Fsp3) is 0.250. The van der Waals surface area contributed by atoms with E-state index in [-0.39, 0.29) is 23.1 Å². The fourth-order valence-corrected chi connectivity index (χ4v) is 4.39. The van der Waals surface area contributed by atoms with Gasteiger partial charge in [0.25, 0.3) is 11.1 Å². The van der Waals surface area contributed by atoms with E-state index in [2.05, 4.69) is 0 Å². The first-order chi connectivity index (χ1) is 16.0. The van der Waals surface area contributed by atoms with E-state index in [1.165, 1.54) is 13.2 Å². The second kappa shape index (κ2) is 9.91. The molecule has 4 rings (SSSR count). The highest BCUT2D eigenvalue weighted by Crippen LogP contribution is 2.34. The highest BCUT2D eigenvalue weighted by molar-refractivity contribution is 8.18. The minimum atomic E-state index is -0.567. The monoisotopic (exact) mass is 466 g/mol. The zero-order valence-electron chi connectivity index (χ0n) is 18.0. The number of imide groups is 1. The van der Waals surface area contributed by atoms with Crippen molar-refractivity contribution in [1.29, 1.82) is 0 Å². The molecule has 2 aromatic carbocycles. The summed E-state index contributed by atoms with van der Waals surface area (Å²) in [4.78, 5) is 53.0. The van der Waals surface area contributed by atoms with E-state index in [0.29, 0.717) is 30.0 Å². The number of amides is 3. The van der Waals surface area contributed by atoms with Gasteiger partial charge in [-0.3, -0.25) is 19.3 Å². The molecule has 170 valence electrons. The number of hydrogen-bond acceptors (Lipinski definition) is 7. The predicted octanol–water partition coefficient (Wildman–Crippen LogP) is 3.57. The SMILES string of the molecule is COc1ccc(C(=O)Oc2ccccc2/C=C2\SC(=O)N(CC(=O)N3CCCC3)C2=O)cc1. The maximum atomic E-state index is 12.8. The largest absolute Gasteiger partial charge is 0.497 e. The number of rotatable bonds is 6. The first-order valence-electron chi connectivity index (χ1n) is 10.4. The van der Waals surface area contributed by atoms with Crippen molar-refractivity contribution in [2.24, 2.45) is 0 Å². The van der Waals surface area contributed by atoms with E-state index in [1.54, 1.807) is 53.4 Å². The van der Waals surface area contributed by atoms with Crippen LogP contribution in [0.15, 0.2) is 53.4 Å². The Labute approximate surface area is 195 Å². The van der Waals surface area contributed by atoms with Crippen molar-refractivity contribution < 1.29 is 28.7 Å². The lowest BCUT2D eigenvalue weighted by Crippen LogP contribution is -2.40. The summed E-state index contributed by atoms with van der Waals surface area (Å²) in [7, 11) is 1.54. The van der Waals surface area contributed by atoms with Crippen LogP contribution in [0.25, 0.3) is 6.08 Å². The molecule has 2 heterocycles. The van der Waals surface area contributed by atoms with Gasteiger partial charge in [0.2, 0.25) is 5.91 Å². The number of esters is 1. The Morgan fingerprint density at radius 2 is 1.73 bits per heavy atom. The van der Waals surface area contributed by atoms with E-state index in [1.807, 2.05) is 0 Å². The fourth-order valence-electron chi connectivity index (χ4n) is 3.56. The molecule has 33 heavy (non-hydrogen) atoms. The summed E-state index contributed by atoms with van der Waals surface area (Å²) in [5, 5.41) is -0.494. The highest BCUT2D eigenvalue weighted by atomic mass is 32.2. The number of ether oxygens (including phenoxy) is 2. The van der Waals surface area contributed by atoms with Gasteiger partial charge in [0.05, 0.1) is 17.6 Å². The molecule has 3 amide bonds. The van der Waals surface area contributed by atoms with Crippen LogP contribution in [-0.4, -0.2) is 59.6 Å². The molecule has 0 unspecified atom stereocenters. The van der Waals surface area contributed by atoms with Crippen LogP contribution in [0.3, 0.4) is 0 Å². The van der Waals surface area contributed by atoms with E-state index in [9.17, 15) is 19.2 Å². The molecule has 9 heteroatoms. The van der Waals surface area contributed by atoms with Crippen LogP contribution >= 0.6 is 11.8 Å². The number of para-hydroxylation sites is 1. The molecule has 0 atom stereocenters. The molecule has 2 aliphatic rings. The van der Waals surface area contributed by atoms with Crippen LogP contribution in [-0.2, 0) is 9.59 Å². The molecule has 0 bridgehead atoms. The maximum absolute atomic E-state index is 12.8. The summed E-state index contributed by atoms with van der Waals surface area (Å²) in [6.45, 7) is 1.03. The molecular formula is C24H22N2O6S. The number of carbonyl (C=O) groups is 4. The summed E-state index contributed by atoms with van der Waals surface area (Å²) in [6, 6.07) is 13.2. The van der Waals surface area contributed by atoms with Crippen molar-refractivity contribution >= 4 is 40.9 Å². The van der Waals surface area contributed by atoms with Gasteiger partial charge in [-0.15, -0.1) is 0 Å². The van der Waals surface area contributed by atoms with Crippen LogP contribution < -0.4 is 9.47 Å². The standard InChI is InChI=1S/C24H22N2O6S/c1-31-18-10-8-16(9-11-18)23(29)32-19-7-3-2-6-17(19)14-20-22(28)26(24(30)33-20)15-21(27)25-12-4-5-13-25/h2-3,6-11,14H,4-5,12-13,15H2,1H3/b20-14-. The smallest absolute Gasteiger partial charge is 0.343 e. The van der Waals surface area contributed by atoms with Gasteiger partial charge in [-0.05, 0) is 61.0 Å². The number of benzene rings is 2. The normalized spacial score (nSPS) is 17.1. The molecule has 8 nitrogen and oxygen atoms in total. The molecule has 0 spiro atoms. The molecule has 2 aliphatic heterocycles. The van der Waals surface area contributed by atoms with Gasteiger partial charge in [0, 0.05) is 18.7 Å². The van der Waals surface area contributed by atoms with Gasteiger partial charge in [0.15, 0.2) is 0 Å². The molecular weight excluding hydrogens is 444 g/mol. The second-order valence-electron chi connectivity index (χ2n) is 7.51. The third-order valence-electron chi connectivity index (χ3n) is 5.36. The van der Waals surface area contributed by atoms with Crippen molar-refractivity contribution in [2.75, 3.05) is 26.7 Å². The number of likely N-dealkylation sites (tertiary alicyclic amines) is 1. The van der Waals surface area contributed by atoms with E-state index in [0.717, 1.165) is 29.5 Å². The van der Waals surface area contributed by atoms with Crippen molar-refractivity contribution in [3.8, 4) is 11.5 Å². The van der Waals surface area contributed by atoms with Crippen LogP contribution in [0.5, 0.6) is 11.5 Å². The number of methoxy groups -OCH3 is 1. The number of carbonyl (C=O) groups excluding carboxylic acids is 4. The molecule has 0 aromatic heterocycles. The van der Waals surface area contributed by atoms with Crippen molar-refractivity contribution in [3.05, 3.63) is 64.6 Å². The van der Waals surface area contributed by atoms with Gasteiger partial charge < -0.3 is 14.4 Å². The average molecular weight is 467 g/mol. The molecule has 0 saturated carbocycles. The van der Waals surface area contributed by atoms with Crippen LogP contribution in [0.4, 0.5) is 4.79 Å². The van der Waals surface area contributed by atoms with Crippen LogP contribution in [0, 0.1) is 0 Å². The Morgan fingerprint density at radius 1 is 1.03 bits per heavy atom. The zero-order valence-corrected chi connectivity index (χ0v) is 18.8. The Balaban J connectivity index is 1.49. The van der Waals surface area contributed by atoms with Crippen LogP contribution in [0.1, 0.15) is 28.8 Å². The molecule has 2 saturated heterocycles. The van der Waals surface area contributed by atoms with Crippen molar-refractivity contribution in [3.63, 3.8) is 0 Å². The molecule has 0 aliphatic carbocycles. The predicted molar refractivity (Wildman–Crippen MR) is 123 cm³/mol. The van der Waals surface area contributed by atoms with E-state index >= 15 is 0 Å². The summed E-state index contributed by atoms with van der Waals surface area (Å²) < 4.78 is 10.6. The summed E-state index contributed by atoms with van der Waals surface area (Å²) in [5.74, 6) is -0.467. The first kappa shape index (κ1) is 22.6. The van der Waals surface area contributed by atoms with Crippen molar-refractivity contribution in [1.82, 2.24) is 9.80 Å². The summed E-state index contributed by atoms with van der Waals surface area (Å²) >= 11 is 0.763. The topological polar surface area (TPSA) is 93.2 Å². The number of nitrogens with zero attached hydrogens (tertiary/aromatic N) is 2. The van der Waals surface area contributed by atoms with Gasteiger partial charge in [-0.1, -0.05) is 18.2 Å². The van der Waals surface area contributed by atoms with E-state index < -0.39 is 17.1 Å². The lowest BCUT2D eigenvalue weighted by atomic mass is 10.1. The molecule has 0 radical (unpaired) electrons. The Kier molecular flexibility index (Phi) is 6.79. The third-order valence-corrected chi connectivity index (χ3v) is 6.27. The first-order valence-corrected chi connectivity index (χ1v) is 11.3. The minimum Gasteiger partial charge on any atom is -0.497 e.